The average Bonchev–Trinajstić information content (AvgIpc) is 3.01. The Hall–Kier alpha value is -1.17. The van der Waals surface area contributed by atoms with Crippen molar-refractivity contribution < 1.29 is 14.2 Å². The number of hydrogen-bond acceptors (Lipinski definition) is 5. The fourth-order valence-corrected chi connectivity index (χ4v) is 3.75. The average molecular weight is 343 g/mol. The molecule has 2 unspecified atom stereocenters. The fourth-order valence-electron chi connectivity index (χ4n) is 3.75. The smallest absolute Gasteiger partial charge is 0.203 e. The van der Waals surface area contributed by atoms with Crippen molar-refractivity contribution in [3.8, 4) is 17.2 Å². The van der Waals surface area contributed by atoms with Gasteiger partial charge in [-0.1, -0.05) is 0 Å². The first kappa shape index (κ1) is 18.2. The van der Waals surface area contributed by atoms with Crippen LogP contribution in [0.1, 0.15) is 18.4 Å². The summed E-state index contributed by atoms with van der Waals surface area (Å²) in [5.41, 5.74) is 1.21. The molecule has 0 aromatic heterocycles. The molecule has 0 aliphatic carbocycles. The molecule has 6 heteroatoms. The Morgan fingerprint density at radius 3 is 2.39 bits per heavy atom. The van der Waals surface area contributed by atoms with Crippen molar-refractivity contribution in [1.82, 2.24) is 10.2 Å². The minimum absolute atomic E-state index is 0. The summed E-state index contributed by atoms with van der Waals surface area (Å²) in [6.07, 6.45) is 2.55. The highest BCUT2D eigenvalue weighted by molar-refractivity contribution is 5.85. The van der Waals surface area contributed by atoms with Crippen molar-refractivity contribution >= 4 is 12.4 Å². The van der Waals surface area contributed by atoms with E-state index in [0.29, 0.717) is 5.75 Å². The van der Waals surface area contributed by atoms with E-state index in [2.05, 4.69) is 22.3 Å². The van der Waals surface area contributed by atoms with Crippen molar-refractivity contribution in [1.29, 1.82) is 0 Å². The van der Waals surface area contributed by atoms with Crippen molar-refractivity contribution in [2.45, 2.75) is 25.4 Å². The predicted octanol–water partition coefficient (Wildman–Crippen LogP) is 2.32. The zero-order valence-corrected chi connectivity index (χ0v) is 14.9. The number of rotatable bonds is 5. The second kappa shape index (κ2) is 8.08. The highest BCUT2D eigenvalue weighted by Crippen LogP contribution is 2.38. The lowest BCUT2D eigenvalue weighted by Crippen LogP contribution is -2.43. The summed E-state index contributed by atoms with van der Waals surface area (Å²) in [5.74, 6) is 2.92. The van der Waals surface area contributed by atoms with Crippen LogP contribution >= 0.6 is 12.4 Å². The van der Waals surface area contributed by atoms with Crippen LogP contribution in [0.3, 0.4) is 0 Å². The maximum absolute atomic E-state index is 5.44. The summed E-state index contributed by atoms with van der Waals surface area (Å²) in [5, 5.41) is 3.61. The third kappa shape index (κ3) is 3.84. The molecule has 130 valence electrons. The van der Waals surface area contributed by atoms with Gasteiger partial charge in [0.05, 0.1) is 21.3 Å². The lowest BCUT2D eigenvalue weighted by molar-refractivity contribution is 0.155. The molecule has 5 nitrogen and oxygen atoms in total. The number of fused-ring (bicyclic) bond motifs is 1. The van der Waals surface area contributed by atoms with E-state index in [-0.39, 0.29) is 12.4 Å². The summed E-state index contributed by atoms with van der Waals surface area (Å²) < 4.78 is 16.3. The summed E-state index contributed by atoms with van der Waals surface area (Å²) in [6, 6.07) is 4.84. The first-order valence-electron chi connectivity index (χ1n) is 7.99. The molecule has 2 heterocycles. The molecular formula is C17H27ClN2O3. The van der Waals surface area contributed by atoms with Crippen molar-refractivity contribution in [3.05, 3.63) is 17.7 Å². The number of methoxy groups -OCH3 is 3. The standard InChI is InChI=1S/C17H26N2O3.ClH/c1-20-15-8-12(9-16(21-2)17(15)22-3)10-19-7-5-14-13(11-19)4-6-18-14;/h8-9,13-14,18H,4-7,10-11H2,1-3H3;1H. The van der Waals surface area contributed by atoms with E-state index in [1.807, 2.05) is 0 Å². The second-order valence-electron chi connectivity index (χ2n) is 6.17. The van der Waals surface area contributed by atoms with Crippen LogP contribution < -0.4 is 19.5 Å². The zero-order chi connectivity index (χ0) is 15.5. The molecule has 0 amide bonds. The number of benzene rings is 1. The quantitative estimate of drug-likeness (QED) is 0.889. The molecule has 1 aromatic rings. The summed E-state index contributed by atoms with van der Waals surface area (Å²) >= 11 is 0. The number of piperidine rings is 1. The van der Waals surface area contributed by atoms with Crippen LogP contribution in [-0.4, -0.2) is 51.9 Å². The molecule has 3 rings (SSSR count). The van der Waals surface area contributed by atoms with Gasteiger partial charge in [-0.3, -0.25) is 4.90 Å². The van der Waals surface area contributed by atoms with Crippen LogP contribution in [0.2, 0.25) is 0 Å². The summed E-state index contributed by atoms with van der Waals surface area (Å²) in [6.45, 7) is 4.42. The number of likely N-dealkylation sites (tertiary alicyclic amines) is 1. The molecule has 2 aliphatic rings. The van der Waals surface area contributed by atoms with Gasteiger partial charge in [0.25, 0.3) is 0 Å². The van der Waals surface area contributed by atoms with Crippen LogP contribution in [-0.2, 0) is 6.54 Å². The number of nitrogens with zero attached hydrogens (tertiary/aromatic N) is 1. The van der Waals surface area contributed by atoms with Crippen LogP contribution in [0, 0.1) is 5.92 Å². The maximum Gasteiger partial charge on any atom is 0.203 e. The van der Waals surface area contributed by atoms with Gasteiger partial charge in [0, 0.05) is 19.1 Å². The predicted molar refractivity (Wildman–Crippen MR) is 93.1 cm³/mol. The summed E-state index contributed by atoms with van der Waals surface area (Å²) in [4.78, 5) is 2.54. The molecule has 2 atom stereocenters. The Morgan fingerprint density at radius 1 is 1.09 bits per heavy atom. The first-order chi connectivity index (χ1) is 10.7. The highest BCUT2D eigenvalue weighted by Gasteiger charge is 2.32. The molecule has 0 radical (unpaired) electrons. The molecule has 23 heavy (non-hydrogen) atoms. The number of hydrogen-bond donors (Lipinski definition) is 1. The van der Waals surface area contributed by atoms with Crippen molar-refractivity contribution in [2.75, 3.05) is 41.0 Å². The van der Waals surface area contributed by atoms with Gasteiger partial charge in [-0.15, -0.1) is 12.4 Å². The monoisotopic (exact) mass is 342 g/mol. The number of nitrogens with one attached hydrogen (secondary N) is 1. The van der Waals surface area contributed by atoms with Crippen molar-refractivity contribution in [3.63, 3.8) is 0 Å². The van der Waals surface area contributed by atoms with Gasteiger partial charge < -0.3 is 19.5 Å². The maximum atomic E-state index is 5.44. The van der Waals surface area contributed by atoms with Gasteiger partial charge in [-0.2, -0.15) is 0 Å². The highest BCUT2D eigenvalue weighted by atomic mass is 35.5. The zero-order valence-electron chi connectivity index (χ0n) is 14.1. The largest absolute Gasteiger partial charge is 0.493 e. The Labute approximate surface area is 144 Å². The Morgan fingerprint density at radius 2 is 1.78 bits per heavy atom. The van der Waals surface area contributed by atoms with Gasteiger partial charge in [0.15, 0.2) is 11.5 Å². The van der Waals surface area contributed by atoms with Crippen LogP contribution in [0.25, 0.3) is 0 Å². The Bertz CT molecular complexity index is 502. The first-order valence-corrected chi connectivity index (χ1v) is 7.99. The molecule has 0 bridgehead atoms. The number of halogens is 1. The molecule has 0 spiro atoms. The Kier molecular flexibility index (Phi) is 6.39. The fraction of sp³-hybridized carbons (Fsp3) is 0.647. The molecular weight excluding hydrogens is 316 g/mol. The van der Waals surface area contributed by atoms with Crippen molar-refractivity contribution in [2.24, 2.45) is 5.92 Å². The molecule has 2 fully saturated rings. The lowest BCUT2D eigenvalue weighted by Gasteiger charge is -2.35. The van der Waals surface area contributed by atoms with E-state index in [1.54, 1.807) is 21.3 Å². The lowest BCUT2D eigenvalue weighted by atomic mass is 9.93. The van der Waals surface area contributed by atoms with Crippen LogP contribution in [0.4, 0.5) is 0 Å². The van der Waals surface area contributed by atoms with E-state index in [0.717, 1.165) is 36.5 Å². The molecule has 0 saturated carbocycles. The van der Waals surface area contributed by atoms with Crippen LogP contribution in [0.5, 0.6) is 17.2 Å². The second-order valence-corrected chi connectivity index (χ2v) is 6.17. The SMILES string of the molecule is COc1cc(CN2CCC3NCCC3C2)cc(OC)c1OC.Cl. The topological polar surface area (TPSA) is 43.0 Å². The number of ether oxygens (including phenoxy) is 3. The molecule has 1 aromatic carbocycles. The van der Waals surface area contributed by atoms with Gasteiger partial charge in [0.2, 0.25) is 5.75 Å². The van der Waals surface area contributed by atoms with Gasteiger partial charge >= 0.3 is 0 Å². The minimum atomic E-state index is 0. The van der Waals surface area contributed by atoms with E-state index in [1.165, 1.54) is 31.5 Å². The molecule has 2 aliphatic heterocycles. The van der Waals surface area contributed by atoms with E-state index >= 15 is 0 Å². The van der Waals surface area contributed by atoms with Gasteiger partial charge in [-0.05, 0) is 49.5 Å². The van der Waals surface area contributed by atoms with E-state index < -0.39 is 0 Å². The van der Waals surface area contributed by atoms with E-state index in [4.69, 9.17) is 14.2 Å². The minimum Gasteiger partial charge on any atom is -0.493 e. The van der Waals surface area contributed by atoms with Crippen LogP contribution in [0.15, 0.2) is 12.1 Å². The molecule has 2 saturated heterocycles. The third-order valence-electron chi connectivity index (χ3n) is 4.87. The summed E-state index contributed by atoms with van der Waals surface area (Å²) in [7, 11) is 4.96. The Balaban J connectivity index is 0.00000192. The van der Waals surface area contributed by atoms with Gasteiger partial charge in [-0.25, -0.2) is 0 Å². The third-order valence-corrected chi connectivity index (χ3v) is 4.87. The van der Waals surface area contributed by atoms with Gasteiger partial charge in [0.1, 0.15) is 0 Å². The van der Waals surface area contributed by atoms with E-state index in [9.17, 15) is 0 Å². The molecule has 1 N–H and O–H groups in total. The normalized spacial score (nSPS) is 23.8.